The van der Waals surface area contributed by atoms with Gasteiger partial charge in [-0.25, -0.2) is 9.59 Å². The van der Waals surface area contributed by atoms with Crippen molar-refractivity contribution in [1.82, 2.24) is 0 Å². The molecule has 0 atom stereocenters. The van der Waals surface area contributed by atoms with Crippen molar-refractivity contribution in [3.05, 3.63) is 25.3 Å². The normalized spacial score (nSPS) is 9.33. The highest BCUT2D eigenvalue weighted by Gasteiger charge is 2.14. The average molecular weight is 276 g/mol. The molecule has 0 rings (SSSR count). The maximum atomic E-state index is 10.6. The number of ether oxygens (including phenoxy) is 2. The highest BCUT2D eigenvalue weighted by molar-refractivity contribution is 7.34. The predicted molar refractivity (Wildman–Crippen MR) is 63.9 cm³/mol. The minimum atomic E-state index is -1.84. The van der Waals surface area contributed by atoms with Crippen LogP contribution in [0, 0.1) is 5.16 Å². The van der Waals surface area contributed by atoms with Gasteiger partial charge in [-0.15, -0.1) is 9.05 Å². The summed E-state index contributed by atoms with van der Waals surface area (Å²) in [7, 11) is -1.84. The summed E-state index contributed by atoms with van der Waals surface area (Å²) in [4.78, 5) is 21.3. The van der Waals surface area contributed by atoms with Crippen molar-refractivity contribution in [2.24, 2.45) is 0 Å². The van der Waals surface area contributed by atoms with Gasteiger partial charge in [0.05, 0.1) is 0 Å². The lowest BCUT2D eigenvalue weighted by Crippen LogP contribution is -2.08. The number of carbonyl (C=O) groups excluding carboxylic acids is 2. The zero-order chi connectivity index (χ0) is 13.8. The molecule has 0 heterocycles. The smallest absolute Gasteiger partial charge is 0.460 e. The number of carbonyl (C=O) groups is 2. The second-order valence-electron chi connectivity index (χ2n) is 2.67. The number of hydrogen-bond acceptors (Lipinski definition) is 7. The lowest BCUT2D eigenvalue weighted by molar-refractivity contribution is -0.139. The van der Waals surface area contributed by atoms with E-state index in [1.165, 1.54) is 0 Å². The van der Waals surface area contributed by atoms with Crippen LogP contribution in [0.15, 0.2) is 25.3 Å². The molecule has 0 spiro atoms. The van der Waals surface area contributed by atoms with E-state index < -0.39 is 20.1 Å². The molecular formula is C10H15NO6P+. The Bertz CT molecular complexity index is 300. The van der Waals surface area contributed by atoms with Crippen LogP contribution in [0.1, 0.15) is 0 Å². The molecule has 0 unspecified atom stereocenters. The van der Waals surface area contributed by atoms with Crippen LogP contribution in [0.3, 0.4) is 0 Å². The molecule has 1 N–H and O–H groups in total. The van der Waals surface area contributed by atoms with Gasteiger partial charge in [0.25, 0.3) is 0 Å². The summed E-state index contributed by atoms with van der Waals surface area (Å²) in [5.74, 6) is -1.10. The summed E-state index contributed by atoms with van der Waals surface area (Å²) in [5, 5.41) is 7.33. The van der Waals surface area contributed by atoms with Gasteiger partial charge < -0.3 is 9.47 Å². The molecule has 0 aliphatic rings. The summed E-state index contributed by atoms with van der Waals surface area (Å²) >= 11 is 0. The Labute approximate surface area is 106 Å². The molecular weight excluding hydrogens is 261 g/mol. The van der Waals surface area contributed by atoms with Crippen molar-refractivity contribution < 1.29 is 28.1 Å². The van der Waals surface area contributed by atoms with E-state index in [0.717, 1.165) is 12.2 Å². The third-order valence-electron chi connectivity index (χ3n) is 1.41. The molecule has 8 heteroatoms. The van der Waals surface area contributed by atoms with Gasteiger partial charge in [0.2, 0.25) is 0 Å². The molecule has 0 radical (unpaired) electrons. The highest BCUT2D eigenvalue weighted by atomic mass is 31.1. The third-order valence-corrected chi connectivity index (χ3v) is 2.24. The lowest BCUT2D eigenvalue weighted by atomic mass is 10.6. The molecule has 0 bridgehead atoms. The molecule has 0 saturated carbocycles. The molecule has 18 heavy (non-hydrogen) atoms. The van der Waals surface area contributed by atoms with Crippen LogP contribution in [-0.2, 0) is 28.1 Å². The van der Waals surface area contributed by atoms with Crippen molar-refractivity contribution in [1.29, 1.82) is 5.16 Å². The Hall–Kier alpha value is -1.56. The van der Waals surface area contributed by atoms with Gasteiger partial charge in [-0.2, -0.15) is 0 Å². The maximum absolute atomic E-state index is 10.6. The lowest BCUT2D eigenvalue weighted by Gasteiger charge is -1.98. The van der Waals surface area contributed by atoms with Crippen molar-refractivity contribution in [2.75, 3.05) is 26.4 Å². The van der Waals surface area contributed by atoms with E-state index in [0.29, 0.717) is 0 Å². The number of esters is 2. The van der Waals surface area contributed by atoms with Gasteiger partial charge in [-0.05, 0) is 0 Å². The van der Waals surface area contributed by atoms with Gasteiger partial charge >= 0.3 is 20.1 Å². The fourth-order valence-electron chi connectivity index (χ4n) is 0.680. The molecule has 0 fully saturated rings. The molecule has 0 aliphatic carbocycles. The molecule has 0 aromatic heterocycles. The van der Waals surface area contributed by atoms with Gasteiger partial charge in [0.1, 0.15) is 26.4 Å². The molecule has 0 aromatic rings. The quantitative estimate of drug-likeness (QED) is 0.281. The van der Waals surface area contributed by atoms with E-state index in [1.54, 1.807) is 0 Å². The van der Waals surface area contributed by atoms with Gasteiger partial charge in [0, 0.05) is 12.2 Å². The summed E-state index contributed by atoms with van der Waals surface area (Å²) < 4.78 is 19.1. The Balaban J connectivity index is 3.43. The maximum Gasteiger partial charge on any atom is 0.556 e. The second kappa shape index (κ2) is 10.6. The fraction of sp³-hybridized carbons (Fsp3) is 0.400. The zero-order valence-corrected chi connectivity index (χ0v) is 10.7. The van der Waals surface area contributed by atoms with Crippen molar-refractivity contribution >= 4 is 20.1 Å². The summed E-state index contributed by atoms with van der Waals surface area (Å²) in [6.45, 7) is 6.61. The van der Waals surface area contributed by atoms with Gasteiger partial charge in [-0.1, -0.05) is 18.3 Å². The van der Waals surface area contributed by atoms with Crippen LogP contribution >= 0.6 is 8.17 Å². The largest absolute Gasteiger partial charge is 0.556 e. The van der Waals surface area contributed by atoms with Gasteiger partial charge in [-0.3, -0.25) is 0 Å². The Morgan fingerprint density at radius 3 is 1.67 bits per heavy atom. The van der Waals surface area contributed by atoms with Crippen molar-refractivity contribution in [3.63, 3.8) is 0 Å². The van der Waals surface area contributed by atoms with E-state index in [9.17, 15) is 9.59 Å². The van der Waals surface area contributed by atoms with Crippen LogP contribution < -0.4 is 0 Å². The Kier molecular flexibility index (Phi) is 9.67. The number of nitrogens with one attached hydrogen (secondary N) is 1. The molecule has 0 saturated heterocycles. The topological polar surface area (TPSA) is 94.9 Å². The first-order valence-electron chi connectivity index (χ1n) is 4.95. The van der Waals surface area contributed by atoms with E-state index in [-0.39, 0.29) is 26.4 Å². The van der Waals surface area contributed by atoms with Crippen LogP contribution in [0.2, 0.25) is 0 Å². The first kappa shape index (κ1) is 16.4. The first-order chi connectivity index (χ1) is 8.60. The summed E-state index contributed by atoms with van der Waals surface area (Å²) in [6.07, 6.45) is 2.07. The molecule has 0 aliphatic heterocycles. The zero-order valence-electron chi connectivity index (χ0n) is 9.79. The minimum Gasteiger partial charge on any atom is -0.460 e. The summed E-state index contributed by atoms with van der Waals surface area (Å²) in [6, 6.07) is 0. The Morgan fingerprint density at radius 2 is 1.33 bits per heavy atom. The van der Waals surface area contributed by atoms with E-state index in [2.05, 4.69) is 22.6 Å². The van der Waals surface area contributed by atoms with Gasteiger partial charge in [0.15, 0.2) is 0 Å². The standard InChI is InChI=1S/C10H15NO6P/c1-3-9(12)14-5-7-16-18(11)17-8-6-15-10(13)4-2/h3-4,11H,1-2,5-8H2/q+1. The van der Waals surface area contributed by atoms with E-state index in [4.69, 9.17) is 14.2 Å². The van der Waals surface area contributed by atoms with Crippen molar-refractivity contribution in [3.8, 4) is 0 Å². The van der Waals surface area contributed by atoms with Crippen molar-refractivity contribution in [2.45, 2.75) is 0 Å². The van der Waals surface area contributed by atoms with Crippen LogP contribution in [0.25, 0.3) is 0 Å². The molecule has 100 valence electrons. The van der Waals surface area contributed by atoms with E-state index in [1.807, 2.05) is 0 Å². The van der Waals surface area contributed by atoms with Crippen LogP contribution in [0.4, 0.5) is 0 Å². The molecule has 7 nitrogen and oxygen atoms in total. The second-order valence-corrected chi connectivity index (χ2v) is 3.70. The minimum absolute atomic E-state index is 0.0252. The van der Waals surface area contributed by atoms with Crippen LogP contribution in [0.5, 0.6) is 0 Å². The van der Waals surface area contributed by atoms with E-state index >= 15 is 0 Å². The fourth-order valence-corrected chi connectivity index (χ4v) is 1.24. The summed E-state index contributed by atoms with van der Waals surface area (Å²) in [5.41, 5.74) is 0. The Morgan fingerprint density at radius 1 is 0.944 bits per heavy atom. The number of rotatable bonds is 10. The monoisotopic (exact) mass is 276 g/mol. The van der Waals surface area contributed by atoms with Crippen LogP contribution in [-0.4, -0.2) is 38.4 Å². The third kappa shape index (κ3) is 9.65. The highest BCUT2D eigenvalue weighted by Crippen LogP contribution is 2.23. The first-order valence-corrected chi connectivity index (χ1v) is 6.13. The average Bonchev–Trinajstić information content (AvgIpc) is 2.38. The molecule has 0 amide bonds. The predicted octanol–water partition coefficient (Wildman–Crippen LogP) is 1.55. The number of hydrogen-bond donors (Lipinski definition) is 1. The molecule has 0 aromatic carbocycles. The SMILES string of the molecule is C=CC(=O)OCCO[P+](=N)OCCOC(=O)C=C.